The first-order chi connectivity index (χ1) is 7.29. The molecule has 84 valence electrons. The quantitative estimate of drug-likeness (QED) is 0.841. The van der Waals surface area contributed by atoms with E-state index in [9.17, 15) is 0 Å². The van der Waals surface area contributed by atoms with Gasteiger partial charge in [-0.25, -0.2) is 0 Å². The highest BCUT2D eigenvalue weighted by Gasteiger charge is 2.24. The third-order valence-corrected chi connectivity index (χ3v) is 4.23. The maximum absolute atomic E-state index is 3.37. The lowest BCUT2D eigenvalue weighted by Gasteiger charge is -2.23. The fraction of sp³-hybridized carbons (Fsp3) is 0.667. The van der Waals surface area contributed by atoms with Crippen molar-refractivity contribution in [3.63, 3.8) is 0 Å². The van der Waals surface area contributed by atoms with Gasteiger partial charge in [-0.05, 0) is 38.3 Å². The number of thiophene rings is 1. The molecule has 0 spiro atoms. The third-order valence-electron chi connectivity index (χ3n) is 3.33. The molecule has 1 N–H and O–H groups in total. The number of nitrogens with zero attached hydrogens (tertiary/aromatic N) is 1. The lowest BCUT2D eigenvalue weighted by molar-refractivity contribution is 0.253. The molecule has 0 saturated carbocycles. The van der Waals surface area contributed by atoms with E-state index in [2.05, 4.69) is 41.7 Å². The highest BCUT2D eigenvalue weighted by Crippen LogP contribution is 2.18. The van der Waals surface area contributed by atoms with Crippen LogP contribution in [0.25, 0.3) is 0 Å². The van der Waals surface area contributed by atoms with Crippen molar-refractivity contribution in [1.82, 2.24) is 10.2 Å². The van der Waals surface area contributed by atoms with Gasteiger partial charge in [-0.2, -0.15) is 0 Å². The summed E-state index contributed by atoms with van der Waals surface area (Å²) in [6, 6.07) is 5.78. The van der Waals surface area contributed by atoms with E-state index in [-0.39, 0.29) is 0 Å². The maximum atomic E-state index is 3.37. The standard InChI is InChI=1S/C12H20N2S/c1-10(8-12-4-3-7-15-12)14-6-5-11(9-14)13-2/h3-4,7,10-11,13H,5-6,8-9H2,1-2H3. The van der Waals surface area contributed by atoms with E-state index in [4.69, 9.17) is 0 Å². The van der Waals surface area contributed by atoms with Crippen LogP contribution in [0, 0.1) is 0 Å². The van der Waals surface area contributed by atoms with Crippen molar-refractivity contribution >= 4 is 11.3 Å². The van der Waals surface area contributed by atoms with Crippen LogP contribution in [-0.4, -0.2) is 37.1 Å². The van der Waals surface area contributed by atoms with Gasteiger partial charge < -0.3 is 5.32 Å². The van der Waals surface area contributed by atoms with E-state index in [0.717, 1.165) is 0 Å². The monoisotopic (exact) mass is 224 g/mol. The molecule has 2 atom stereocenters. The molecule has 1 aromatic heterocycles. The van der Waals surface area contributed by atoms with Crippen LogP contribution in [0.3, 0.4) is 0 Å². The Morgan fingerprint density at radius 2 is 2.53 bits per heavy atom. The fourth-order valence-corrected chi connectivity index (χ4v) is 3.10. The Kier molecular flexibility index (Phi) is 3.78. The first-order valence-electron chi connectivity index (χ1n) is 5.73. The maximum Gasteiger partial charge on any atom is 0.0204 e. The first-order valence-corrected chi connectivity index (χ1v) is 6.61. The molecule has 0 aromatic carbocycles. The summed E-state index contributed by atoms with van der Waals surface area (Å²) in [4.78, 5) is 4.11. The molecular weight excluding hydrogens is 204 g/mol. The van der Waals surface area contributed by atoms with Crippen LogP contribution in [-0.2, 0) is 6.42 Å². The fourth-order valence-electron chi connectivity index (χ4n) is 2.27. The molecule has 1 aromatic rings. The molecule has 0 aliphatic carbocycles. The summed E-state index contributed by atoms with van der Waals surface area (Å²) in [5.41, 5.74) is 0. The van der Waals surface area contributed by atoms with Gasteiger partial charge in [0.2, 0.25) is 0 Å². The number of nitrogens with one attached hydrogen (secondary N) is 1. The molecule has 0 amide bonds. The molecular formula is C12H20N2S. The molecule has 2 nitrogen and oxygen atoms in total. The number of hydrogen-bond donors (Lipinski definition) is 1. The second kappa shape index (κ2) is 5.10. The predicted molar refractivity (Wildman–Crippen MR) is 66.5 cm³/mol. The Morgan fingerprint density at radius 1 is 1.67 bits per heavy atom. The van der Waals surface area contributed by atoms with Gasteiger partial charge in [0, 0.05) is 30.1 Å². The van der Waals surface area contributed by atoms with Crippen LogP contribution in [0.1, 0.15) is 18.2 Å². The smallest absolute Gasteiger partial charge is 0.0204 e. The summed E-state index contributed by atoms with van der Waals surface area (Å²) in [5.74, 6) is 0. The molecule has 2 heterocycles. The zero-order valence-corrected chi connectivity index (χ0v) is 10.4. The van der Waals surface area contributed by atoms with Gasteiger partial charge in [0.15, 0.2) is 0 Å². The van der Waals surface area contributed by atoms with E-state index in [1.165, 1.54) is 30.8 Å². The van der Waals surface area contributed by atoms with E-state index in [0.29, 0.717) is 12.1 Å². The SMILES string of the molecule is CNC1CCN(C(C)Cc2cccs2)C1. The Balaban J connectivity index is 1.84. The zero-order valence-electron chi connectivity index (χ0n) is 9.57. The summed E-state index contributed by atoms with van der Waals surface area (Å²) in [7, 11) is 2.07. The molecule has 2 rings (SSSR count). The van der Waals surface area contributed by atoms with Gasteiger partial charge in [-0.3, -0.25) is 4.90 Å². The van der Waals surface area contributed by atoms with Crippen molar-refractivity contribution in [2.45, 2.75) is 31.8 Å². The van der Waals surface area contributed by atoms with Crippen molar-refractivity contribution in [2.24, 2.45) is 0 Å². The normalized spacial score (nSPS) is 24.5. The summed E-state index contributed by atoms with van der Waals surface area (Å²) >= 11 is 1.87. The Bertz CT molecular complexity index is 284. The minimum atomic E-state index is 0.682. The van der Waals surface area contributed by atoms with Crippen molar-refractivity contribution in [1.29, 1.82) is 0 Å². The Labute approximate surface area is 96.3 Å². The summed E-state index contributed by atoms with van der Waals surface area (Å²) in [5, 5.41) is 5.54. The van der Waals surface area contributed by atoms with Gasteiger partial charge >= 0.3 is 0 Å². The van der Waals surface area contributed by atoms with E-state index in [1.807, 2.05) is 11.3 Å². The van der Waals surface area contributed by atoms with Gasteiger partial charge in [-0.1, -0.05) is 6.07 Å². The van der Waals surface area contributed by atoms with Crippen molar-refractivity contribution in [3.05, 3.63) is 22.4 Å². The second-order valence-electron chi connectivity index (χ2n) is 4.40. The molecule has 15 heavy (non-hydrogen) atoms. The van der Waals surface area contributed by atoms with Gasteiger partial charge in [0.25, 0.3) is 0 Å². The summed E-state index contributed by atoms with van der Waals surface area (Å²) in [6.45, 7) is 4.80. The topological polar surface area (TPSA) is 15.3 Å². The molecule has 1 aliphatic heterocycles. The summed E-state index contributed by atoms with van der Waals surface area (Å²) < 4.78 is 0. The lowest BCUT2D eigenvalue weighted by Crippen LogP contribution is -2.35. The van der Waals surface area contributed by atoms with E-state index >= 15 is 0 Å². The van der Waals surface area contributed by atoms with Crippen LogP contribution in [0.5, 0.6) is 0 Å². The first kappa shape index (κ1) is 11.1. The average molecular weight is 224 g/mol. The second-order valence-corrected chi connectivity index (χ2v) is 5.43. The number of likely N-dealkylation sites (tertiary alicyclic amines) is 1. The van der Waals surface area contributed by atoms with Crippen LogP contribution in [0.15, 0.2) is 17.5 Å². The molecule has 0 radical (unpaired) electrons. The number of hydrogen-bond acceptors (Lipinski definition) is 3. The van der Waals surface area contributed by atoms with Gasteiger partial charge in [0.1, 0.15) is 0 Å². The molecule has 1 fully saturated rings. The zero-order chi connectivity index (χ0) is 10.7. The molecule has 0 bridgehead atoms. The lowest BCUT2D eigenvalue weighted by atomic mass is 10.2. The van der Waals surface area contributed by atoms with Crippen LogP contribution >= 0.6 is 11.3 Å². The number of rotatable bonds is 4. The Morgan fingerprint density at radius 3 is 3.13 bits per heavy atom. The van der Waals surface area contributed by atoms with Crippen LogP contribution < -0.4 is 5.32 Å². The van der Waals surface area contributed by atoms with Crippen molar-refractivity contribution in [2.75, 3.05) is 20.1 Å². The van der Waals surface area contributed by atoms with Crippen molar-refractivity contribution < 1.29 is 0 Å². The van der Waals surface area contributed by atoms with E-state index < -0.39 is 0 Å². The largest absolute Gasteiger partial charge is 0.316 e. The Hall–Kier alpha value is -0.380. The molecule has 1 aliphatic rings. The average Bonchev–Trinajstić information content (AvgIpc) is 2.86. The predicted octanol–water partition coefficient (Wildman–Crippen LogP) is 1.97. The highest BCUT2D eigenvalue weighted by atomic mass is 32.1. The molecule has 1 saturated heterocycles. The minimum Gasteiger partial charge on any atom is -0.316 e. The van der Waals surface area contributed by atoms with Gasteiger partial charge in [-0.15, -0.1) is 11.3 Å². The molecule has 2 unspecified atom stereocenters. The van der Waals surface area contributed by atoms with E-state index in [1.54, 1.807) is 0 Å². The van der Waals surface area contributed by atoms with Crippen molar-refractivity contribution in [3.8, 4) is 0 Å². The highest BCUT2D eigenvalue weighted by molar-refractivity contribution is 7.09. The summed E-state index contributed by atoms with van der Waals surface area (Å²) in [6.07, 6.45) is 2.50. The number of likely N-dealkylation sites (N-methyl/N-ethyl adjacent to an activating group) is 1. The molecule has 3 heteroatoms. The van der Waals surface area contributed by atoms with Crippen LogP contribution in [0.2, 0.25) is 0 Å². The minimum absolute atomic E-state index is 0.682. The van der Waals surface area contributed by atoms with Crippen LogP contribution in [0.4, 0.5) is 0 Å². The third kappa shape index (κ3) is 2.80. The van der Waals surface area contributed by atoms with Gasteiger partial charge in [0.05, 0.1) is 0 Å².